The minimum absolute atomic E-state index is 0.152. The fourth-order valence-corrected chi connectivity index (χ4v) is 5.13. The summed E-state index contributed by atoms with van der Waals surface area (Å²) in [7, 11) is 5.71. The third-order valence-electron chi connectivity index (χ3n) is 7.65. The van der Waals surface area contributed by atoms with E-state index in [2.05, 4.69) is 20.4 Å². The summed E-state index contributed by atoms with van der Waals surface area (Å²) < 4.78 is 5.91. The number of para-hydroxylation sites is 1. The van der Waals surface area contributed by atoms with E-state index in [-0.39, 0.29) is 37.0 Å². The topological polar surface area (TPSA) is 115 Å². The van der Waals surface area contributed by atoms with Crippen molar-refractivity contribution in [2.24, 2.45) is 0 Å². The average Bonchev–Trinajstić information content (AvgIpc) is 2.99. The Kier molecular flexibility index (Phi) is 10.9. The molecule has 2 aromatic carbocycles. The number of ether oxygens (including phenoxy) is 1. The summed E-state index contributed by atoms with van der Waals surface area (Å²) in [5.41, 5.74) is 1.15. The van der Waals surface area contributed by atoms with E-state index in [1.807, 2.05) is 44.4 Å². The Hall–Kier alpha value is -3.96. The van der Waals surface area contributed by atoms with Gasteiger partial charge in [0, 0.05) is 52.7 Å². The van der Waals surface area contributed by atoms with Crippen LogP contribution < -0.4 is 15.4 Å². The second kappa shape index (κ2) is 14.8. The van der Waals surface area contributed by atoms with Gasteiger partial charge < -0.3 is 30.1 Å². The van der Waals surface area contributed by atoms with E-state index in [1.54, 1.807) is 36.2 Å². The molecule has 1 fully saturated rings. The lowest BCUT2D eigenvalue weighted by molar-refractivity contribution is -0.138. The summed E-state index contributed by atoms with van der Waals surface area (Å²) in [4.78, 5) is 61.7. The number of amides is 4. The summed E-state index contributed by atoms with van der Waals surface area (Å²) in [5.74, 6) is -1.22. The number of hydrogen-bond acceptors (Lipinski definition) is 7. The van der Waals surface area contributed by atoms with Crippen LogP contribution >= 0.6 is 0 Å². The van der Waals surface area contributed by atoms with Crippen molar-refractivity contribution in [3.63, 3.8) is 0 Å². The first-order chi connectivity index (χ1) is 20.2. The highest BCUT2D eigenvalue weighted by molar-refractivity contribution is 6.01. The molecule has 0 aliphatic carbocycles. The van der Waals surface area contributed by atoms with Crippen LogP contribution in [0.5, 0.6) is 5.75 Å². The van der Waals surface area contributed by atoms with Crippen LogP contribution in [0.25, 0.3) is 0 Å². The molecule has 0 aromatic heterocycles. The lowest BCUT2D eigenvalue weighted by atomic mass is 10.0. The van der Waals surface area contributed by atoms with E-state index in [1.165, 1.54) is 4.90 Å². The zero-order valence-corrected chi connectivity index (χ0v) is 24.8. The molecule has 2 aromatic rings. The van der Waals surface area contributed by atoms with Crippen LogP contribution in [0.1, 0.15) is 22.3 Å². The van der Waals surface area contributed by atoms with Crippen molar-refractivity contribution in [1.82, 2.24) is 30.2 Å². The van der Waals surface area contributed by atoms with Gasteiger partial charge in [0.1, 0.15) is 24.4 Å². The average molecular weight is 579 g/mol. The molecule has 0 bridgehead atoms. The molecule has 0 spiro atoms. The number of hydrogen-bond donors (Lipinski definition) is 2. The predicted octanol–water partition coefficient (Wildman–Crippen LogP) is 0.459. The Bertz CT molecular complexity index is 1230. The number of carbonyl (C=O) groups excluding carboxylic acids is 4. The highest BCUT2D eigenvalue weighted by Crippen LogP contribution is 2.19. The predicted molar refractivity (Wildman–Crippen MR) is 159 cm³/mol. The Morgan fingerprint density at radius 1 is 0.929 bits per heavy atom. The zero-order valence-electron chi connectivity index (χ0n) is 24.8. The van der Waals surface area contributed by atoms with Gasteiger partial charge in [0.05, 0.1) is 18.5 Å². The van der Waals surface area contributed by atoms with Gasteiger partial charge in [-0.3, -0.25) is 24.1 Å². The van der Waals surface area contributed by atoms with Crippen LogP contribution in [0.3, 0.4) is 0 Å². The summed E-state index contributed by atoms with van der Waals surface area (Å²) in [6, 6.07) is 14.3. The molecule has 2 N–H and O–H groups in total. The van der Waals surface area contributed by atoms with Crippen molar-refractivity contribution in [3.05, 3.63) is 65.7 Å². The van der Waals surface area contributed by atoms with E-state index in [9.17, 15) is 19.2 Å². The smallest absolute Gasteiger partial charge is 0.255 e. The molecule has 2 aliphatic rings. The van der Waals surface area contributed by atoms with E-state index in [0.717, 1.165) is 18.7 Å². The molecule has 4 amide bonds. The molecule has 226 valence electrons. The highest BCUT2D eigenvalue weighted by atomic mass is 16.5. The van der Waals surface area contributed by atoms with Crippen LogP contribution in [-0.2, 0) is 20.8 Å². The van der Waals surface area contributed by atoms with Crippen molar-refractivity contribution in [2.45, 2.75) is 24.9 Å². The first-order valence-corrected chi connectivity index (χ1v) is 14.5. The lowest BCUT2D eigenvalue weighted by Crippen LogP contribution is -2.57. The fourth-order valence-electron chi connectivity index (χ4n) is 5.13. The minimum atomic E-state index is -1.10. The number of likely N-dealkylation sites (N-methyl/N-ethyl adjacent to an activating group) is 2. The second-order valence-electron chi connectivity index (χ2n) is 11.1. The van der Waals surface area contributed by atoms with Crippen molar-refractivity contribution < 1.29 is 23.9 Å². The van der Waals surface area contributed by atoms with Gasteiger partial charge in [-0.2, -0.15) is 0 Å². The highest BCUT2D eigenvalue weighted by Gasteiger charge is 2.33. The Morgan fingerprint density at radius 3 is 2.33 bits per heavy atom. The third kappa shape index (κ3) is 8.53. The van der Waals surface area contributed by atoms with Crippen LogP contribution in [0, 0.1) is 0 Å². The molecule has 42 heavy (non-hydrogen) atoms. The molecular weight excluding hydrogens is 536 g/mol. The summed E-state index contributed by atoms with van der Waals surface area (Å²) >= 11 is 0. The van der Waals surface area contributed by atoms with Gasteiger partial charge in [-0.15, -0.1) is 0 Å². The zero-order chi connectivity index (χ0) is 30.1. The number of fused-ring (bicyclic) bond motifs is 1. The van der Waals surface area contributed by atoms with E-state index in [0.29, 0.717) is 38.3 Å². The van der Waals surface area contributed by atoms with Crippen LogP contribution in [0.15, 0.2) is 54.6 Å². The Labute approximate surface area is 247 Å². The van der Waals surface area contributed by atoms with Gasteiger partial charge in [-0.25, -0.2) is 0 Å². The van der Waals surface area contributed by atoms with Gasteiger partial charge in [-0.1, -0.05) is 42.5 Å². The second-order valence-corrected chi connectivity index (χ2v) is 11.1. The number of rotatable bonds is 6. The number of nitrogens with zero attached hydrogens (tertiary/aromatic N) is 4. The number of nitrogens with one attached hydrogen (secondary N) is 2. The van der Waals surface area contributed by atoms with Crippen LogP contribution in [-0.4, -0.2) is 129 Å². The fraction of sp³-hybridized carbons (Fsp3) is 0.484. The quantitative estimate of drug-likeness (QED) is 0.512. The standard InChI is InChI=1S/C31H42N6O5/c1-34(2)13-14-36-15-17-37(18-16-36)31(41)26-22-28(38)32-25(21-23-9-5-4-6-10-23)30(40)35(3)19-20-42-27-12-8-7-11-24(27)29(39)33-26/h4-12,25-26H,13-22H2,1-3H3,(H,32,38)(H,33,39)/t25-,26+/m1/s1. The van der Waals surface area contributed by atoms with Gasteiger partial charge in [-0.05, 0) is 31.8 Å². The minimum Gasteiger partial charge on any atom is -0.491 e. The molecule has 0 radical (unpaired) electrons. The maximum atomic E-state index is 13.8. The maximum Gasteiger partial charge on any atom is 0.255 e. The van der Waals surface area contributed by atoms with Crippen molar-refractivity contribution >= 4 is 23.6 Å². The third-order valence-corrected chi connectivity index (χ3v) is 7.65. The number of piperazine rings is 1. The molecule has 11 heteroatoms. The SMILES string of the molecule is CN(C)CCN1CCN(C(=O)[C@@H]2CC(=O)N[C@H](Cc3ccccc3)C(=O)N(C)CCOc3ccccc3C(=O)N2)CC1. The van der Waals surface area contributed by atoms with Crippen molar-refractivity contribution in [1.29, 1.82) is 0 Å². The largest absolute Gasteiger partial charge is 0.491 e. The van der Waals surface area contributed by atoms with E-state index in [4.69, 9.17) is 4.74 Å². The van der Waals surface area contributed by atoms with Gasteiger partial charge >= 0.3 is 0 Å². The first-order valence-electron chi connectivity index (χ1n) is 14.5. The molecule has 2 atom stereocenters. The molecular formula is C31H42N6O5. The number of carbonyl (C=O) groups is 4. The summed E-state index contributed by atoms with van der Waals surface area (Å²) in [6.45, 7) is 4.66. The van der Waals surface area contributed by atoms with Gasteiger partial charge in [0.15, 0.2) is 0 Å². The molecule has 11 nitrogen and oxygen atoms in total. The van der Waals surface area contributed by atoms with E-state index < -0.39 is 23.9 Å². The monoisotopic (exact) mass is 578 g/mol. The normalized spacial score (nSPS) is 21.2. The first kappa shape index (κ1) is 31.0. The molecule has 2 heterocycles. The maximum absolute atomic E-state index is 13.8. The Balaban J connectivity index is 1.56. The van der Waals surface area contributed by atoms with E-state index >= 15 is 0 Å². The lowest BCUT2D eigenvalue weighted by Gasteiger charge is -2.37. The molecule has 2 aliphatic heterocycles. The molecule has 4 rings (SSSR count). The molecule has 0 unspecified atom stereocenters. The Morgan fingerprint density at radius 2 is 1.62 bits per heavy atom. The van der Waals surface area contributed by atoms with Gasteiger partial charge in [0.25, 0.3) is 5.91 Å². The van der Waals surface area contributed by atoms with Crippen LogP contribution in [0.4, 0.5) is 0 Å². The molecule has 1 saturated heterocycles. The van der Waals surface area contributed by atoms with Crippen molar-refractivity contribution in [2.75, 3.05) is 73.6 Å². The number of benzene rings is 2. The molecule has 0 saturated carbocycles. The van der Waals surface area contributed by atoms with Crippen molar-refractivity contribution in [3.8, 4) is 5.75 Å². The van der Waals surface area contributed by atoms with Crippen LogP contribution in [0.2, 0.25) is 0 Å². The summed E-state index contributed by atoms with van der Waals surface area (Å²) in [5, 5.41) is 5.65. The van der Waals surface area contributed by atoms with Gasteiger partial charge in [0.2, 0.25) is 17.7 Å². The summed E-state index contributed by atoms with van der Waals surface area (Å²) in [6.07, 6.45) is -0.00392.